The van der Waals surface area contributed by atoms with E-state index in [0.717, 1.165) is 11.3 Å². The number of amides is 1. The fourth-order valence-corrected chi connectivity index (χ4v) is 4.65. The first kappa shape index (κ1) is 21.4. The summed E-state index contributed by atoms with van der Waals surface area (Å²) in [7, 11) is 4.58. The van der Waals surface area contributed by atoms with Gasteiger partial charge in [0.1, 0.15) is 0 Å². The molecular weight excluding hydrogens is 388 g/mol. The third kappa shape index (κ3) is 4.34. The molecule has 0 unspecified atom stereocenters. The smallest absolute Gasteiger partial charge is 0.283 e. The highest BCUT2D eigenvalue weighted by atomic mass is 32.1. The van der Waals surface area contributed by atoms with Crippen LogP contribution in [0, 0.1) is 12.8 Å². The van der Waals surface area contributed by atoms with Crippen molar-refractivity contribution in [1.82, 2.24) is 4.57 Å². The number of aromatic nitrogens is 1. The van der Waals surface area contributed by atoms with E-state index < -0.39 is 0 Å². The summed E-state index contributed by atoms with van der Waals surface area (Å²) < 4.78 is 18.4. The summed E-state index contributed by atoms with van der Waals surface area (Å²) in [6, 6.07) is 3.37. The van der Waals surface area contributed by atoms with Crippen molar-refractivity contribution < 1.29 is 19.0 Å². The van der Waals surface area contributed by atoms with Gasteiger partial charge in [-0.05, 0) is 43.2 Å². The number of methoxy groups -OCH3 is 3. The number of benzene rings is 1. The molecule has 1 amide bonds. The van der Waals surface area contributed by atoms with Gasteiger partial charge < -0.3 is 18.8 Å². The van der Waals surface area contributed by atoms with Crippen LogP contribution in [0.2, 0.25) is 0 Å². The number of ether oxygens (including phenoxy) is 3. The zero-order valence-electron chi connectivity index (χ0n) is 18.3. The molecule has 0 radical (unpaired) electrons. The number of hydrogen-bond acceptors (Lipinski definition) is 5. The van der Waals surface area contributed by atoms with Crippen molar-refractivity contribution >= 4 is 17.2 Å². The Labute approximate surface area is 176 Å². The summed E-state index contributed by atoms with van der Waals surface area (Å²) in [6.45, 7) is 9.61. The number of nitrogens with zero attached hydrogens (tertiary/aromatic N) is 2. The molecule has 1 aromatic carbocycles. The predicted octanol–water partition coefficient (Wildman–Crippen LogP) is 4.33. The molecule has 0 bridgehead atoms. The molecular formula is C22H30N2O4S. The Balaban J connectivity index is 2.12. The number of carbonyl (C=O) groups is 1. The summed E-state index contributed by atoms with van der Waals surface area (Å²) >= 11 is 1.60. The number of hydrogen-bond donors (Lipinski definition) is 0. The first-order valence-corrected chi connectivity index (χ1v) is 10.6. The predicted molar refractivity (Wildman–Crippen MR) is 114 cm³/mol. The minimum atomic E-state index is -0.353. The largest absolute Gasteiger partial charge is 0.493 e. The minimum Gasteiger partial charge on any atom is -0.493 e. The Morgan fingerprint density at radius 2 is 1.79 bits per heavy atom. The molecule has 0 aliphatic heterocycles. The molecule has 0 atom stereocenters. The van der Waals surface area contributed by atoms with Crippen LogP contribution in [0.25, 0.3) is 0 Å². The lowest BCUT2D eigenvalue weighted by molar-refractivity contribution is 0.0994. The maximum Gasteiger partial charge on any atom is 0.283 e. The van der Waals surface area contributed by atoms with Gasteiger partial charge in [0.25, 0.3) is 5.91 Å². The van der Waals surface area contributed by atoms with E-state index >= 15 is 0 Å². The molecule has 6 nitrogen and oxygen atoms in total. The van der Waals surface area contributed by atoms with E-state index in [0.29, 0.717) is 28.7 Å². The first-order valence-electron chi connectivity index (χ1n) is 9.80. The Bertz CT molecular complexity index is 978. The van der Waals surface area contributed by atoms with Gasteiger partial charge in [-0.3, -0.25) is 4.79 Å². The second-order valence-corrected chi connectivity index (χ2v) is 9.38. The van der Waals surface area contributed by atoms with Crippen molar-refractivity contribution in [2.75, 3.05) is 21.3 Å². The highest BCUT2D eigenvalue weighted by molar-refractivity contribution is 7.09. The molecule has 0 N–H and O–H groups in total. The van der Waals surface area contributed by atoms with Crippen molar-refractivity contribution in [3.63, 3.8) is 0 Å². The Kier molecular flexibility index (Phi) is 6.08. The number of rotatable bonds is 6. The van der Waals surface area contributed by atoms with Crippen molar-refractivity contribution in [3.05, 3.63) is 33.1 Å². The monoisotopic (exact) mass is 418 g/mol. The first-order chi connectivity index (χ1) is 13.7. The lowest BCUT2D eigenvalue weighted by atomic mass is 9.93. The number of carbonyl (C=O) groups excluding carboxylic acids is 1. The molecule has 1 aliphatic carbocycles. The van der Waals surface area contributed by atoms with Crippen molar-refractivity contribution in [2.45, 2.75) is 52.5 Å². The van der Waals surface area contributed by atoms with Gasteiger partial charge in [0.15, 0.2) is 16.3 Å². The minimum absolute atomic E-state index is 0.00209. The van der Waals surface area contributed by atoms with Crippen LogP contribution in [0.4, 0.5) is 0 Å². The molecule has 7 heteroatoms. The third-order valence-corrected chi connectivity index (χ3v) is 6.71. The standard InChI is InChI=1S/C22H30N2O4S/c1-13-19(22(2,3)4)29-21(24(13)12-14-8-9-14)23-20(25)15-10-11-16(26-5)18(28-7)17(15)27-6/h10-11,14H,8-9,12H2,1-7H3. The van der Waals surface area contributed by atoms with Gasteiger partial charge in [-0.2, -0.15) is 4.99 Å². The lowest BCUT2D eigenvalue weighted by Crippen LogP contribution is -2.20. The van der Waals surface area contributed by atoms with Crippen LogP contribution in [0.3, 0.4) is 0 Å². The van der Waals surface area contributed by atoms with E-state index in [4.69, 9.17) is 14.2 Å². The molecule has 3 rings (SSSR count). The van der Waals surface area contributed by atoms with Crippen LogP contribution in [0.1, 0.15) is 54.5 Å². The molecule has 2 aromatic rings. The average molecular weight is 419 g/mol. The van der Waals surface area contributed by atoms with Gasteiger partial charge in [-0.25, -0.2) is 0 Å². The normalized spacial score (nSPS) is 14.8. The molecule has 0 saturated heterocycles. The zero-order valence-corrected chi connectivity index (χ0v) is 19.1. The van der Waals surface area contributed by atoms with E-state index in [9.17, 15) is 4.79 Å². The van der Waals surface area contributed by atoms with E-state index in [1.54, 1.807) is 30.6 Å². The quantitative estimate of drug-likeness (QED) is 0.700. The zero-order chi connectivity index (χ0) is 21.3. The van der Waals surface area contributed by atoms with E-state index in [2.05, 4.69) is 37.3 Å². The summed E-state index contributed by atoms with van der Waals surface area (Å²) in [4.78, 5) is 19.6. The molecule has 1 heterocycles. The molecule has 1 aliphatic rings. The van der Waals surface area contributed by atoms with Gasteiger partial charge in [0.05, 0.1) is 26.9 Å². The molecule has 1 fully saturated rings. The summed E-state index contributed by atoms with van der Waals surface area (Å²) in [6.07, 6.45) is 2.48. The highest BCUT2D eigenvalue weighted by Crippen LogP contribution is 2.40. The summed E-state index contributed by atoms with van der Waals surface area (Å²) in [5.41, 5.74) is 1.55. The van der Waals surface area contributed by atoms with Gasteiger partial charge in [-0.15, -0.1) is 11.3 Å². The maximum atomic E-state index is 13.1. The molecule has 1 aromatic heterocycles. The van der Waals surface area contributed by atoms with Gasteiger partial charge >= 0.3 is 0 Å². The van der Waals surface area contributed by atoms with Crippen LogP contribution in [0.5, 0.6) is 17.2 Å². The van der Waals surface area contributed by atoms with Crippen LogP contribution >= 0.6 is 11.3 Å². The van der Waals surface area contributed by atoms with E-state index in [-0.39, 0.29) is 11.3 Å². The Morgan fingerprint density at radius 1 is 1.14 bits per heavy atom. The van der Waals surface area contributed by atoms with Crippen LogP contribution in [-0.2, 0) is 12.0 Å². The maximum absolute atomic E-state index is 13.1. The highest BCUT2D eigenvalue weighted by Gasteiger charge is 2.27. The van der Waals surface area contributed by atoms with Crippen molar-refractivity contribution in [2.24, 2.45) is 10.9 Å². The van der Waals surface area contributed by atoms with Crippen molar-refractivity contribution in [1.29, 1.82) is 0 Å². The van der Waals surface area contributed by atoms with Gasteiger partial charge in [-0.1, -0.05) is 20.8 Å². The van der Waals surface area contributed by atoms with Crippen LogP contribution < -0.4 is 19.0 Å². The van der Waals surface area contributed by atoms with Gasteiger partial charge in [0.2, 0.25) is 5.75 Å². The summed E-state index contributed by atoms with van der Waals surface area (Å²) in [5, 5.41) is 0. The van der Waals surface area contributed by atoms with Crippen LogP contribution in [0.15, 0.2) is 17.1 Å². The fourth-order valence-electron chi connectivity index (χ4n) is 3.46. The Morgan fingerprint density at radius 3 is 2.31 bits per heavy atom. The third-order valence-electron chi connectivity index (χ3n) is 5.11. The molecule has 29 heavy (non-hydrogen) atoms. The van der Waals surface area contributed by atoms with Gasteiger partial charge in [0, 0.05) is 17.1 Å². The summed E-state index contributed by atoms with van der Waals surface area (Å²) in [5.74, 6) is 1.56. The second-order valence-electron chi connectivity index (χ2n) is 8.40. The van der Waals surface area contributed by atoms with E-state index in [1.165, 1.54) is 37.6 Å². The molecule has 0 spiro atoms. The van der Waals surface area contributed by atoms with Crippen molar-refractivity contribution in [3.8, 4) is 17.2 Å². The number of thiazole rings is 1. The van der Waals surface area contributed by atoms with E-state index in [1.807, 2.05) is 0 Å². The molecule has 1 saturated carbocycles. The lowest BCUT2D eigenvalue weighted by Gasteiger charge is -2.17. The Hall–Kier alpha value is -2.28. The SMILES string of the molecule is COc1ccc(C(=O)N=c2sc(C(C)(C)C)c(C)n2CC2CC2)c(OC)c1OC. The van der Waals surface area contributed by atoms with Crippen LogP contribution in [-0.4, -0.2) is 31.8 Å². The molecule has 158 valence electrons. The topological polar surface area (TPSA) is 62.0 Å². The second kappa shape index (κ2) is 8.22. The average Bonchev–Trinajstić information content (AvgIpc) is 3.44. The fraction of sp³-hybridized carbons (Fsp3) is 0.545.